The maximum Gasteiger partial charge on any atom is 0.232 e. The number of sulfonamides is 1. The third-order valence-corrected chi connectivity index (χ3v) is 6.76. The van der Waals surface area contributed by atoms with E-state index in [4.69, 9.17) is 5.73 Å². The number of hydrogen-bond donors (Lipinski definition) is 3. The zero-order valence-electron chi connectivity index (χ0n) is 16.8. The van der Waals surface area contributed by atoms with Crippen LogP contribution >= 0.6 is 0 Å². The zero-order chi connectivity index (χ0) is 21.2. The molecule has 0 spiro atoms. The van der Waals surface area contributed by atoms with Gasteiger partial charge >= 0.3 is 0 Å². The largest absolute Gasteiger partial charge is 0.391 e. The van der Waals surface area contributed by atoms with Gasteiger partial charge in [-0.05, 0) is 24.6 Å². The number of anilines is 3. The number of benzene rings is 1. The number of nitrogens with two attached hydrogens (primary N) is 1. The quantitative estimate of drug-likeness (QED) is 0.572. The first-order valence-corrected chi connectivity index (χ1v) is 10.9. The van der Waals surface area contributed by atoms with Crippen molar-refractivity contribution in [3.05, 3.63) is 35.7 Å². The van der Waals surface area contributed by atoms with Crippen molar-refractivity contribution in [2.24, 2.45) is 5.92 Å². The summed E-state index contributed by atoms with van der Waals surface area (Å²) in [5.41, 5.74) is 7.77. The number of likely N-dealkylation sites (tertiary alicyclic amines) is 1. The second-order valence-electron chi connectivity index (χ2n) is 7.51. The lowest BCUT2D eigenvalue weighted by atomic mass is 10.1. The van der Waals surface area contributed by atoms with E-state index in [9.17, 15) is 13.5 Å². The molecule has 1 saturated heterocycles. The predicted octanol–water partition coefficient (Wildman–Crippen LogP) is 0.190. The van der Waals surface area contributed by atoms with Crippen LogP contribution in [0.4, 0.5) is 17.6 Å². The van der Waals surface area contributed by atoms with Gasteiger partial charge in [-0.3, -0.25) is 4.90 Å². The molecule has 10 nitrogen and oxygen atoms in total. The summed E-state index contributed by atoms with van der Waals surface area (Å²) in [5.74, 6) is 0.417. The number of aliphatic hydroxyl groups is 1. The van der Waals surface area contributed by atoms with Crippen LogP contribution < -0.4 is 11.1 Å². The van der Waals surface area contributed by atoms with Gasteiger partial charge in [0.2, 0.25) is 21.9 Å². The Kier molecular flexibility index (Phi) is 6.32. The van der Waals surface area contributed by atoms with Gasteiger partial charge in [0.1, 0.15) is 5.82 Å². The van der Waals surface area contributed by atoms with Crippen molar-refractivity contribution in [1.29, 1.82) is 0 Å². The highest BCUT2D eigenvalue weighted by atomic mass is 32.2. The van der Waals surface area contributed by atoms with Crippen LogP contribution in [0.25, 0.3) is 0 Å². The molecular formula is C18H27N7O3S. The van der Waals surface area contributed by atoms with Crippen LogP contribution in [0.5, 0.6) is 0 Å². The molecule has 1 aromatic carbocycles. The van der Waals surface area contributed by atoms with E-state index in [2.05, 4.69) is 20.3 Å². The number of nitrogens with zero attached hydrogens (tertiary/aromatic N) is 5. The van der Waals surface area contributed by atoms with Crippen molar-refractivity contribution in [3.63, 3.8) is 0 Å². The molecule has 2 atom stereocenters. The number of aryl methyl sites for hydroxylation is 1. The topological polar surface area (TPSA) is 138 Å². The van der Waals surface area contributed by atoms with Gasteiger partial charge in [0.15, 0.2) is 0 Å². The first kappa shape index (κ1) is 21.4. The highest BCUT2D eigenvalue weighted by Gasteiger charge is 2.35. The van der Waals surface area contributed by atoms with Gasteiger partial charge in [-0.25, -0.2) is 12.7 Å². The molecule has 3 rings (SSSR count). The predicted molar refractivity (Wildman–Crippen MR) is 111 cm³/mol. The Balaban J connectivity index is 1.68. The molecule has 1 aliphatic heterocycles. The van der Waals surface area contributed by atoms with E-state index >= 15 is 0 Å². The van der Waals surface area contributed by atoms with E-state index in [1.165, 1.54) is 18.4 Å². The summed E-state index contributed by atoms with van der Waals surface area (Å²) in [6.45, 7) is 3.11. The molecule has 0 bridgehead atoms. The summed E-state index contributed by atoms with van der Waals surface area (Å²) < 4.78 is 25.4. The number of β-amino-alcohol motifs (C(OH)–C–C–N with tert-alkyl or cyclic N) is 1. The molecule has 1 fully saturated rings. The Labute approximate surface area is 170 Å². The van der Waals surface area contributed by atoms with Crippen LogP contribution in [-0.4, -0.2) is 76.7 Å². The van der Waals surface area contributed by atoms with Crippen molar-refractivity contribution in [2.75, 3.05) is 44.0 Å². The van der Waals surface area contributed by atoms with Crippen LogP contribution in [0.2, 0.25) is 0 Å². The van der Waals surface area contributed by atoms with E-state index in [-0.39, 0.29) is 17.6 Å². The molecule has 0 unspecified atom stereocenters. The number of hydrogen-bond acceptors (Lipinski definition) is 9. The minimum absolute atomic E-state index is 0.0941. The Bertz CT molecular complexity index is 968. The smallest absolute Gasteiger partial charge is 0.232 e. The lowest BCUT2D eigenvalue weighted by Gasteiger charge is -2.17. The molecule has 1 aromatic heterocycles. The molecule has 11 heteroatoms. The molecule has 4 N–H and O–H groups in total. The first-order chi connectivity index (χ1) is 13.6. The van der Waals surface area contributed by atoms with Gasteiger partial charge < -0.3 is 16.2 Å². The lowest BCUT2D eigenvalue weighted by molar-refractivity contribution is 0.147. The lowest BCUT2D eigenvalue weighted by Crippen LogP contribution is -2.33. The molecule has 0 saturated carbocycles. The second kappa shape index (κ2) is 8.57. The molecule has 1 aliphatic rings. The maximum atomic E-state index is 12.1. The zero-order valence-corrected chi connectivity index (χ0v) is 17.6. The first-order valence-electron chi connectivity index (χ1n) is 9.27. The van der Waals surface area contributed by atoms with Gasteiger partial charge in [-0.15, -0.1) is 0 Å². The third-order valence-electron chi connectivity index (χ3n) is 4.80. The van der Waals surface area contributed by atoms with Crippen LogP contribution in [0.3, 0.4) is 0 Å². The summed E-state index contributed by atoms with van der Waals surface area (Å²) >= 11 is 0. The summed E-state index contributed by atoms with van der Waals surface area (Å²) in [4.78, 5) is 14.6. The van der Waals surface area contributed by atoms with Gasteiger partial charge in [0, 0.05) is 38.8 Å². The molecule has 29 heavy (non-hydrogen) atoms. The van der Waals surface area contributed by atoms with E-state index in [1.807, 2.05) is 36.1 Å². The van der Waals surface area contributed by atoms with E-state index < -0.39 is 16.1 Å². The fourth-order valence-corrected chi connectivity index (χ4v) is 4.44. The van der Waals surface area contributed by atoms with Crippen molar-refractivity contribution in [1.82, 2.24) is 24.2 Å². The van der Waals surface area contributed by atoms with Gasteiger partial charge in [-0.1, -0.05) is 12.1 Å². The number of aromatic nitrogens is 3. The van der Waals surface area contributed by atoms with Crippen LogP contribution in [0, 0.1) is 12.8 Å². The minimum atomic E-state index is -3.39. The van der Waals surface area contributed by atoms with E-state index in [0.29, 0.717) is 31.4 Å². The van der Waals surface area contributed by atoms with Gasteiger partial charge in [-0.2, -0.15) is 15.0 Å². The van der Waals surface area contributed by atoms with Crippen molar-refractivity contribution in [2.45, 2.75) is 19.6 Å². The number of nitrogens with one attached hydrogen (secondary N) is 1. The Morgan fingerprint density at radius 3 is 2.72 bits per heavy atom. The van der Waals surface area contributed by atoms with Gasteiger partial charge in [0.05, 0.1) is 18.4 Å². The Hall–Kier alpha value is -2.34. The van der Waals surface area contributed by atoms with Crippen LogP contribution in [0.15, 0.2) is 24.3 Å². The fraction of sp³-hybridized carbons (Fsp3) is 0.500. The summed E-state index contributed by atoms with van der Waals surface area (Å²) in [5, 5.41) is 13.4. The highest BCUT2D eigenvalue weighted by Crippen LogP contribution is 2.22. The second-order valence-corrected chi connectivity index (χ2v) is 9.74. The Morgan fingerprint density at radius 1 is 1.28 bits per heavy atom. The van der Waals surface area contributed by atoms with Crippen molar-refractivity contribution >= 4 is 27.6 Å². The Morgan fingerprint density at radius 2 is 2.03 bits per heavy atom. The average Bonchev–Trinajstić information content (AvgIpc) is 2.92. The monoisotopic (exact) mass is 421 g/mol. The number of nitrogen functional groups attached to an aromatic ring is 1. The molecule has 2 aromatic rings. The summed E-state index contributed by atoms with van der Waals surface area (Å²) in [6, 6.07) is 7.78. The van der Waals surface area contributed by atoms with Crippen molar-refractivity contribution in [3.8, 4) is 0 Å². The molecule has 158 valence electrons. The van der Waals surface area contributed by atoms with Crippen molar-refractivity contribution < 1.29 is 13.5 Å². The van der Waals surface area contributed by atoms with Crippen LogP contribution in [-0.2, 0) is 16.6 Å². The molecule has 0 radical (unpaired) electrons. The molecule has 0 aliphatic carbocycles. The van der Waals surface area contributed by atoms with E-state index in [0.717, 1.165) is 11.3 Å². The molecular weight excluding hydrogens is 394 g/mol. The molecule has 0 amide bonds. The maximum absolute atomic E-state index is 12.1. The highest BCUT2D eigenvalue weighted by molar-refractivity contribution is 7.89. The van der Waals surface area contributed by atoms with Gasteiger partial charge in [0.25, 0.3) is 0 Å². The van der Waals surface area contributed by atoms with Crippen LogP contribution in [0.1, 0.15) is 11.4 Å². The summed E-state index contributed by atoms with van der Waals surface area (Å²) in [6.07, 6.45) is -0.728. The summed E-state index contributed by atoms with van der Waals surface area (Å²) in [7, 11) is -0.405. The number of rotatable bonds is 7. The standard InChI is InChI=1S/C18H27N7O3S/c1-12-5-4-6-14(7-12)20-18-22-16(21-17(19)23-18)10-25-8-13(15(26)9-25)11-29(27,28)24(2)3/h4-7,13,15,26H,8-11H2,1-3H3,(H3,19,20,21,22,23)/t13-,15+/m0/s1. The normalized spacial score (nSPS) is 20.3. The fourth-order valence-electron chi connectivity index (χ4n) is 3.27. The molecule has 2 heterocycles. The SMILES string of the molecule is Cc1cccc(Nc2nc(N)nc(CN3C[C@@H](CS(=O)(=O)N(C)C)[C@H](O)C3)n2)c1. The van der Waals surface area contributed by atoms with E-state index in [1.54, 1.807) is 0 Å². The number of aliphatic hydroxyl groups excluding tert-OH is 1. The minimum Gasteiger partial charge on any atom is -0.391 e. The average molecular weight is 422 g/mol. The third kappa shape index (κ3) is 5.60.